The number of nitrogens with two attached hydrogens (primary N) is 2. The Bertz CT molecular complexity index is 1860. The lowest BCUT2D eigenvalue weighted by molar-refractivity contribution is -0.146. The number of aliphatic imine (C=N–C) groups is 1. The minimum absolute atomic E-state index is 0.0197. The smallest absolute Gasteiger partial charge is 0.409 e. The maximum atomic E-state index is 14.9. The van der Waals surface area contributed by atoms with Crippen molar-refractivity contribution in [2.45, 2.75) is 76.3 Å². The summed E-state index contributed by atoms with van der Waals surface area (Å²) in [6.45, 7) is 7.27. The van der Waals surface area contributed by atoms with Gasteiger partial charge in [-0.3, -0.25) is 28.3 Å². The third-order valence-electron chi connectivity index (χ3n) is 12.0. The molecule has 10 unspecified atom stereocenters. The fraction of sp³-hybridized carbons (Fsp3) is 0.900. The molecule has 10 atom stereocenters. The van der Waals surface area contributed by atoms with Crippen molar-refractivity contribution in [2.75, 3.05) is 161 Å². The number of aliphatic hydroxyl groups excluding tert-OH is 1. The number of ether oxygens (including phenoxy) is 4. The van der Waals surface area contributed by atoms with E-state index in [1.54, 1.807) is 68.2 Å². The summed E-state index contributed by atoms with van der Waals surface area (Å²) in [5.41, 5.74) is 10.8. The Morgan fingerprint density at radius 2 is 1.16 bits per heavy atom. The molecule has 7 N–H and O–H groups in total. The summed E-state index contributed by atoms with van der Waals surface area (Å²) in [5.74, 6) is -0.642. The van der Waals surface area contributed by atoms with Crippen molar-refractivity contribution >= 4 is 46.9 Å². The quantitative estimate of drug-likeness (QED) is 0.0328. The van der Waals surface area contributed by atoms with Gasteiger partial charge in [0, 0.05) is 72.0 Å². The molecular weight excluding hydrogens is 979 g/mol. The number of nitrogens with zero attached hydrogens (tertiary/aromatic N) is 9. The third kappa shape index (κ3) is 16.8. The van der Waals surface area contributed by atoms with Crippen LogP contribution in [0.15, 0.2) is 4.99 Å². The largest absolute Gasteiger partial charge is 0.447 e. The molecule has 0 aromatic carbocycles. The molecule has 0 aromatic rings. The lowest BCUT2D eigenvalue weighted by Gasteiger charge is -2.45. The van der Waals surface area contributed by atoms with Crippen LogP contribution in [-0.4, -0.2) is 270 Å². The zero-order chi connectivity index (χ0) is 52.0. The van der Waals surface area contributed by atoms with Crippen LogP contribution in [0.5, 0.6) is 0 Å². The van der Waals surface area contributed by atoms with Gasteiger partial charge in [0.25, 0.3) is 0 Å². The van der Waals surface area contributed by atoms with Crippen LogP contribution in [0.25, 0.3) is 0 Å². The van der Waals surface area contributed by atoms with E-state index in [9.17, 15) is 28.1 Å². The fourth-order valence-corrected chi connectivity index (χ4v) is 14.6. The first kappa shape index (κ1) is 60.2. The number of nitrogens with one attached hydrogen (secondary N) is 2. The molecule has 30 heteroatoms. The van der Waals surface area contributed by atoms with Gasteiger partial charge in [0.2, 0.25) is 11.8 Å². The van der Waals surface area contributed by atoms with Crippen LogP contribution in [0, 0.1) is 0 Å². The highest BCUT2D eigenvalue weighted by molar-refractivity contribution is 7.54. The molecule has 70 heavy (non-hydrogen) atoms. The summed E-state index contributed by atoms with van der Waals surface area (Å²) in [6.07, 6.45) is -2.59. The van der Waals surface area contributed by atoms with Gasteiger partial charge >= 0.3 is 29.1 Å². The van der Waals surface area contributed by atoms with Crippen LogP contribution in [0.3, 0.4) is 0 Å². The number of piperazine rings is 1. The molecule has 0 radical (unpaired) electrons. The SMILES string of the molecule is CNC(CCCN=C(N)N)C(=O)NCC(=O)N1CC(C)OC(COP(=O)(N(C)C)N2CC(C)OC(COP(=O)(N(C)C)N3CC(C)OC(COP(=O)(N(C)C)N4CCN(C(=O)OCCO)CC4)C3)C2)C1. The molecule has 0 aliphatic carbocycles. The fourth-order valence-electron chi connectivity index (χ4n) is 8.53. The predicted molar refractivity (Wildman–Crippen MR) is 262 cm³/mol. The van der Waals surface area contributed by atoms with Gasteiger partial charge < -0.3 is 69.5 Å². The second-order valence-electron chi connectivity index (χ2n) is 18.4. The zero-order valence-corrected chi connectivity index (χ0v) is 45.4. The van der Waals surface area contributed by atoms with Crippen molar-refractivity contribution in [2.24, 2.45) is 16.5 Å². The molecule has 4 heterocycles. The first-order valence-corrected chi connectivity index (χ1v) is 28.3. The maximum Gasteiger partial charge on any atom is 0.409 e. The van der Waals surface area contributed by atoms with E-state index in [0.717, 1.165) is 0 Å². The number of likely N-dealkylation sites (N-methyl/N-ethyl adjacent to an activating group) is 1. The van der Waals surface area contributed by atoms with Crippen LogP contribution >= 0.6 is 23.0 Å². The highest BCUT2D eigenvalue weighted by Gasteiger charge is 2.46. The highest BCUT2D eigenvalue weighted by atomic mass is 31.2. The number of aliphatic hydroxyl groups is 1. The van der Waals surface area contributed by atoms with E-state index < -0.39 is 65.7 Å². The van der Waals surface area contributed by atoms with Gasteiger partial charge in [0.1, 0.15) is 6.61 Å². The Hall–Kier alpha value is -2.39. The second kappa shape index (κ2) is 27.8. The summed E-state index contributed by atoms with van der Waals surface area (Å²) in [5, 5.41) is 14.7. The molecule has 4 aliphatic rings. The minimum atomic E-state index is -3.74. The maximum absolute atomic E-state index is 14.9. The Morgan fingerprint density at radius 1 is 0.700 bits per heavy atom. The minimum Gasteiger partial charge on any atom is -0.447 e. The Balaban J connectivity index is 1.34. The van der Waals surface area contributed by atoms with Crippen molar-refractivity contribution < 1.29 is 65.7 Å². The van der Waals surface area contributed by atoms with Crippen LogP contribution in [0.2, 0.25) is 0 Å². The lowest BCUT2D eigenvalue weighted by atomic mass is 10.1. The molecule has 3 amide bonds. The molecule has 4 rings (SSSR count). The first-order valence-electron chi connectivity index (χ1n) is 23.8. The van der Waals surface area contributed by atoms with Crippen molar-refractivity contribution in [3.8, 4) is 0 Å². The standard InChI is InChI=1S/C40H82N13O14P3/c1-30-21-50(37(55)20-45-38(56)36(43-4)12-11-13-44-39(41)42)24-33(65-30)27-63-69(59,47(7)8)52-22-32(3)67-35(26-52)29-64-70(60,48(9)10)53-23-31(2)66-34(25-53)28-62-68(58,46(5)6)51-16-14-49(15-17-51)40(57)61-19-18-54/h30-36,43,54H,11-29H2,1-10H3,(H,45,56)(H4,41,42,44). The molecule has 0 aromatic heterocycles. The average Bonchev–Trinajstić information content (AvgIpc) is 3.31. The number of amides is 3. The average molecular weight is 1060 g/mol. The van der Waals surface area contributed by atoms with Gasteiger partial charge in [-0.25, -0.2) is 32.8 Å². The van der Waals surface area contributed by atoms with E-state index in [4.69, 9.17) is 49.1 Å². The van der Waals surface area contributed by atoms with E-state index in [0.29, 0.717) is 25.9 Å². The van der Waals surface area contributed by atoms with E-state index >= 15 is 0 Å². The van der Waals surface area contributed by atoms with Crippen molar-refractivity contribution in [1.82, 2.24) is 48.5 Å². The molecular formula is C40H82N13O14P3. The summed E-state index contributed by atoms with van der Waals surface area (Å²) < 4.78 is 96.3. The van der Waals surface area contributed by atoms with Crippen molar-refractivity contribution in [1.29, 1.82) is 0 Å². The molecule has 4 saturated heterocycles. The molecule has 27 nitrogen and oxygen atoms in total. The first-order chi connectivity index (χ1) is 32.9. The zero-order valence-electron chi connectivity index (χ0n) is 42.8. The van der Waals surface area contributed by atoms with Gasteiger partial charge in [-0.05, 0) is 82.9 Å². The topological polar surface area (TPSA) is 302 Å². The molecule has 0 saturated carbocycles. The molecule has 4 aliphatic heterocycles. The summed E-state index contributed by atoms with van der Waals surface area (Å²) >= 11 is 0. The normalized spacial score (nSPS) is 27.4. The summed E-state index contributed by atoms with van der Waals surface area (Å²) in [6, 6.07) is -0.537. The van der Waals surface area contributed by atoms with Crippen LogP contribution in [0.1, 0.15) is 33.6 Å². The molecule has 0 bridgehead atoms. The third-order valence-corrected chi connectivity index (χ3v) is 19.7. The second-order valence-corrected chi connectivity index (χ2v) is 26.3. The van der Waals surface area contributed by atoms with Gasteiger partial charge in [-0.1, -0.05) is 0 Å². The van der Waals surface area contributed by atoms with Gasteiger partial charge in [-0.15, -0.1) is 0 Å². The van der Waals surface area contributed by atoms with Crippen LogP contribution in [-0.2, 0) is 55.8 Å². The van der Waals surface area contributed by atoms with E-state index in [1.165, 1.54) is 18.9 Å². The van der Waals surface area contributed by atoms with Crippen LogP contribution in [0.4, 0.5) is 4.79 Å². The Morgan fingerprint density at radius 3 is 1.60 bits per heavy atom. The highest BCUT2D eigenvalue weighted by Crippen LogP contribution is 2.57. The van der Waals surface area contributed by atoms with Crippen LogP contribution < -0.4 is 22.1 Å². The molecule has 0 spiro atoms. The number of guanidine groups is 1. The summed E-state index contributed by atoms with van der Waals surface area (Å²) in [7, 11) is 0.579. The number of hydrogen-bond donors (Lipinski definition) is 5. The monoisotopic (exact) mass is 1060 g/mol. The Kier molecular flexibility index (Phi) is 23.9. The van der Waals surface area contributed by atoms with Gasteiger partial charge in [-0.2, -0.15) is 0 Å². The summed E-state index contributed by atoms with van der Waals surface area (Å²) in [4.78, 5) is 45.6. The van der Waals surface area contributed by atoms with Crippen molar-refractivity contribution in [3.63, 3.8) is 0 Å². The lowest BCUT2D eigenvalue weighted by Crippen LogP contribution is -2.54. The van der Waals surface area contributed by atoms with Crippen molar-refractivity contribution in [3.05, 3.63) is 0 Å². The number of carbonyl (C=O) groups excluding carboxylic acids is 3. The number of hydrogen-bond acceptors (Lipinski definition) is 16. The number of rotatable bonds is 25. The molecule has 406 valence electrons. The van der Waals surface area contributed by atoms with Gasteiger partial charge in [0.05, 0.1) is 75.6 Å². The Labute approximate surface area is 413 Å². The van der Waals surface area contributed by atoms with E-state index in [2.05, 4.69) is 15.6 Å². The van der Waals surface area contributed by atoms with E-state index in [-0.39, 0.29) is 122 Å². The number of carbonyl (C=O) groups is 3. The molecule has 4 fully saturated rings. The van der Waals surface area contributed by atoms with Gasteiger partial charge in [0.15, 0.2) is 5.96 Å². The van der Waals surface area contributed by atoms with E-state index in [1.807, 2.05) is 20.8 Å². The predicted octanol–water partition coefficient (Wildman–Crippen LogP) is -0.656. The number of morpholine rings is 3.